The fraction of sp³-hybridized carbons (Fsp3) is 0.241. The molecule has 0 saturated carbocycles. The van der Waals surface area contributed by atoms with Crippen molar-refractivity contribution in [3.05, 3.63) is 89.7 Å². The monoisotopic (exact) mass is 507 g/mol. The van der Waals surface area contributed by atoms with Gasteiger partial charge in [-0.15, -0.1) is 10.2 Å². The number of H-pyrrole nitrogens is 1. The molecule has 0 bridgehead atoms. The number of hydrogen-bond acceptors (Lipinski definition) is 6. The summed E-state index contributed by atoms with van der Waals surface area (Å²) in [6.45, 7) is 4.89. The first-order chi connectivity index (χ1) is 18.5. The topological polar surface area (TPSA) is 122 Å². The molecule has 2 N–H and O–H groups in total. The number of benzene rings is 3. The number of aromatic amines is 1. The predicted molar refractivity (Wildman–Crippen MR) is 144 cm³/mol. The predicted octanol–water partition coefficient (Wildman–Crippen LogP) is 5.06. The molecule has 0 amide bonds. The van der Waals surface area contributed by atoms with Gasteiger partial charge >= 0.3 is 5.97 Å². The lowest BCUT2D eigenvalue weighted by atomic mass is 9.98. The number of rotatable bonds is 10. The molecule has 0 aliphatic heterocycles. The molecule has 192 valence electrons. The van der Waals surface area contributed by atoms with E-state index < -0.39 is 5.97 Å². The van der Waals surface area contributed by atoms with Crippen LogP contribution in [0.2, 0.25) is 0 Å². The molecule has 0 radical (unpaired) electrons. The largest absolute Gasteiger partial charge is 0.481 e. The highest BCUT2D eigenvalue weighted by molar-refractivity contribution is 5.80. The summed E-state index contributed by atoms with van der Waals surface area (Å²) < 4.78 is 1.95. The first-order valence-electron chi connectivity index (χ1n) is 12.6. The normalized spacial score (nSPS) is 11.2. The summed E-state index contributed by atoms with van der Waals surface area (Å²) in [5, 5.41) is 28.3. The standard InChI is InChI=1S/C29H29N7O2/c1-19(2)17-26-30-29(23-14-7-20(8-15-23)11-16-27(37)38)36(33-26)18-21-9-12-22(13-10-21)24-5-3-4-6-25(24)28-31-34-35-32-28/h3-10,12-15,19H,11,16-18H2,1-2H3,(H,37,38)(H,31,32,34,35). The van der Waals surface area contributed by atoms with Crippen molar-refractivity contribution >= 4 is 5.97 Å². The minimum Gasteiger partial charge on any atom is -0.481 e. The van der Waals surface area contributed by atoms with E-state index in [1.54, 1.807) is 0 Å². The Hall–Kier alpha value is -4.66. The molecular formula is C29H29N7O2. The van der Waals surface area contributed by atoms with E-state index >= 15 is 0 Å². The van der Waals surface area contributed by atoms with Crippen LogP contribution in [0.25, 0.3) is 33.9 Å². The number of carbonyl (C=O) groups is 1. The summed E-state index contributed by atoms with van der Waals surface area (Å²) >= 11 is 0. The third-order valence-corrected chi connectivity index (χ3v) is 6.26. The average Bonchev–Trinajstić information content (AvgIpc) is 3.58. The molecule has 5 aromatic rings. The van der Waals surface area contributed by atoms with Gasteiger partial charge in [-0.3, -0.25) is 4.79 Å². The van der Waals surface area contributed by atoms with Crippen LogP contribution in [-0.4, -0.2) is 46.5 Å². The molecule has 38 heavy (non-hydrogen) atoms. The highest BCUT2D eigenvalue weighted by Gasteiger charge is 2.15. The molecule has 9 heteroatoms. The van der Waals surface area contributed by atoms with Crippen molar-refractivity contribution in [2.45, 2.75) is 39.7 Å². The van der Waals surface area contributed by atoms with Crippen LogP contribution in [0.3, 0.4) is 0 Å². The zero-order valence-electron chi connectivity index (χ0n) is 21.4. The Morgan fingerprint density at radius 1 is 0.921 bits per heavy atom. The summed E-state index contributed by atoms with van der Waals surface area (Å²) in [6.07, 6.45) is 1.41. The van der Waals surface area contributed by atoms with E-state index in [1.807, 2.05) is 47.1 Å². The number of aryl methyl sites for hydroxylation is 1. The Morgan fingerprint density at radius 2 is 1.61 bits per heavy atom. The van der Waals surface area contributed by atoms with E-state index in [-0.39, 0.29) is 6.42 Å². The molecule has 0 aliphatic carbocycles. The maximum absolute atomic E-state index is 10.9. The zero-order valence-corrected chi connectivity index (χ0v) is 21.4. The van der Waals surface area contributed by atoms with E-state index in [4.69, 9.17) is 15.2 Å². The molecule has 3 aromatic carbocycles. The van der Waals surface area contributed by atoms with Gasteiger partial charge in [-0.1, -0.05) is 86.6 Å². The van der Waals surface area contributed by atoms with Gasteiger partial charge in [0.2, 0.25) is 5.82 Å². The van der Waals surface area contributed by atoms with Crippen molar-refractivity contribution in [2.75, 3.05) is 0 Å². The maximum atomic E-state index is 10.9. The fourth-order valence-electron chi connectivity index (χ4n) is 4.40. The van der Waals surface area contributed by atoms with Gasteiger partial charge in [0.1, 0.15) is 0 Å². The molecule has 0 spiro atoms. The number of aromatic nitrogens is 7. The van der Waals surface area contributed by atoms with Crippen molar-refractivity contribution in [1.29, 1.82) is 0 Å². The van der Waals surface area contributed by atoms with Crippen LogP contribution in [0, 0.1) is 5.92 Å². The molecule has 0 unspecified atom stereocenters. The lowest BCUT2D eigenvalue weighted by molar-refractivity contribution is -0.136. The fourth-order valence-corrected chi connectivity index (χ4v) is 4.40. The number of tetrazole rings is 1. The third-order valence-electron chi connectivity index (χ3n) is 6.26. The number of nitrogens with zero attached hydrogens (tertiary/aromatic N) is 6. The summed E-state index contributed by atoms with van der Waals surface area (Å²) in [5.74, 6) is 1.82. The number of aliphatic carboxylic acids is 1. The van der Waals surface area contributed by atoms with Gasteiger partial charge in [-0.2, -0.15) is 10.3 Å². The minimum atomic E-state index is -0.795. The number of hydrogen-bond donors (Lipinski definition) is 2. The lowest BCUT2D eigenvalue weighted by Gasteiger charge is -2.10. The van der Waals surface area contributed by atoms with E-state index in [2.05, 4.69) is 64.8 Å². The molecule has 0 aliphatic rings. The van der Waals surface area contributed by atoms with Crippen LogP contribution >= 0.6 is 0 Å². The van der Waals surface area contributed by atoms with E-state index in [0.717, 1.165) is 51.5 Å². The van der Waals surface area contributed by atoms with E-state index in [1.165, 1.54) is 0 Å². The zero-order chi connectivity index (χ0) is 26.5. The molecule has 9 nitrogen and oxygen atoms in total. The Balaban J connectivity index is 1.41. The molecule has 0 saturated heterocycles. The third kappa shape index (κ3) is 5.83. The smallest absolute Gasteiger partial charge is 0.303 e. The Morgan fingerprint density at radius 3 is 2.26 bits per heavy atom. The second-order valence-corrected chi connectivity index (χ2v) is 9.68. The highest BCUT2D eigenvalue weighted by Crippen LogP contribution is 2.30. The SMILES string of the molecule is CC(C)Cc1nc(-c2ccc(CCC(=O)O)cc2)n(Cc2ccc(-c3ccccc3-c3nn[nH]n3)cc2)n1. The van der Waals surface area contributed by atoms with Crippen LogP contribution in [0.4, 0.5) is 0 Å². The number of carboxylic acid groups (broad SMARTS) is 1. The van der Waals surface area contributed by atoms with Gasteiger partial charge in [0, 0.05) is 24.0 Å². The average molecular weight is 508 g/mol. The van der Waals surface area contributed by atoms with E-state index in [0.29, 0.717) is 24.7 Å². The van der Waals surface area contributed by atoms with Gasteiger partial charge < -0.3 is 5.11 Å². The van der Waals surface area contributed by atoms with Crippen LogP contribution in [0.1, 0.15) is 37.2 Å². The second kappa shape index (κ2) is 11.2. The van der Waals surface area contributed by atoms with Crippen LogP contribution in [0.5, 0.6) is 0 Å². The molecule has 2 heterocycles. The summed E-state index contributed by atoms with van der Waals surface area (Å²) in [7, 11) is 0. The van der Waals surface area contributed by atoms with Crippen molar-refractivity contribution in [2.24, 2.45) is 5.92 Å². The van der Waals surface area contributed by atoms with Crippen LogP contribution < -0.4 is 0 Å². The number of nitrogens with one attached hydrogen (secondary N) is 1. The van der Waals surface area contributed by atoms with Gasteiger partial charge in [-0.25, -0.2) is 9.67 Å². The van der Waals surface area contributed by atoms with Crippen molar-refractivity contribution in [1.82, 2.24) is 35.4 Å². The van der Waals surface area contributed by atoms with Gasteiger partial charge in [0.15, 0.2) is 11.6 Å². The molecular weight excluding hydrogens is 478 g/mol. The second-order valence-electron chi connectivity index (χ2n) is 9.68. The highest BCUT2D eigenvalue weighted by atomic mass is 16.4. The Kier molecular flexibility index (Phi) is 7.35. The van der Waals surface area contributed by atoms with Gasteiger partial charge in [0.25, 0.3) is 0 Å². The first-order valence-corrected chi connectivity index (χ1v) is 12.6. The summed E-state index contributed by atoms with van der Waals surface area (Å²) in [5.41, 5.74) is 6.05. The van der Waals surface area contributed by atoms with E-state index in [9.17, 15) is 4.79 Å². The quantitative estimate of drug-likeness (QED) is 0.271. The molecule has 2 aromatic heterocycles. The minimum absolute atomic E-state index is 0.115. The van der Waals surface area contributed by atoms with Crippen molar-refractivity contribution in [3.8, 4) is 33.9 Å². The van der Waals surface area contributed by atoms with Crippen molar-refractivity contribution < 1.29 is 9.90 Å². The first kappa shape index (κ1) is 25.0. The number of carboxylic acids is 1. The van der Waals surface area contributed by atoms with Crippen molar-refractivity contribution in [3.63, 3.8) is 0 Å². The van der Waals surface area contributed by atoms with Crippen LogP contribution in [-0.2, 0) is 24.2 Å². The van der Waals surface area contributed by atoms with Gasteiger partial charge in [-0.05, 0) is 39.8 Å². The van der Waals surface area contributed by atoms with Gasteiger partial charge in [0.05, 0.1) is 6.54 Å². The molecule has 0 fully saturated rings. The summed E-state index contributed by atoms with van der Waals surface area (Å²) in [4.78, 5) is 15.8. The van der Waals surface area contributed by atoms with Crippen LogP contribution in [0.15, 0.2) is 72.8 Å². The molecule has 5 rings (SSSR count). The Bertz CT molecular complexity index is 1510. The molecule has 0 atom stereocenters. The lowest BCUT2D eigenvalue weighted by Crippen LogP contribution is -2.05. The maximum Gasteiger partial charge on any atom is 0.303 e. The summed E-state index contributed by atoms with van der Waals surface area (Å²) in [6, 6.07) is 24.3. The Labute approximate surface area is 220 Å².